The van der Waals surface area contributed by atoms with Gasteiger partial charge in [-0.15, -0.1) is 0 Å². The largest absolute Gasteiger partial charge is 0.484 e. The molecule has 0 bridgehead atoms. The fraction of sp³-hybridized carbons (Fsp3) is 0.500. The Labute approximate surface area is 132 Å². The summed E-state index contributed by atoms with van der Waals surface area (Å²) in [6, 6.07) is 7.20. The van der Waals surface area contributed by atoms with Crippen LogP contribution in [0.2, 0.25) is 0 Å². The summed E-state index contributed by atoms with van der Waals surface area (Å²) in [5.41, 5.74) is 0.456. The zero-order valence-corrected chi connectivity index (χ0v) is 12.4. The predicted octanol–water partition coefficient (Wildman–Crippen LogP) is 3.17. The lowest BCUT2D eigenvalue weighted by molar-refractivity contribution is -0.189. The van der Waals surface area contributed by atoms with E-state index in [0.717, 1.165) is 0 Å². The van der Waals surface area contributed by atoms with Crippen LogP contribution < -0.4 is 10.1 Å². The number of rotatable bonds is 4. The van der Waals surface area contributed by atoms with Crippen LogP contribution in [0, 0.1) is 17.2 Å². The summed E-state index contributed by atoms with van der Waals surface area (Å²) in [6.45, 7) is -0.354. The van der Waals surface area contributed by atoms with Crippen LogP contribution in [0.15, 0.2) is 24.3 Å². The van der Waals surface area contributed by atoms with E-state index in [0.29, 0.717) is 30.6 Å². The highest BCUT2D eigenvalue weighted by Gasteiger charge is 2.45. The molecule has 0 spiro atoms. The lowest BCUT2D eigenvalue weighted by Crippen LogP contribution is -2.48. The molecule has 0 saturated heterocycles. The van der Waals surface area contributed by atoms with Crippen LogP contribution in [0.4, 0.5) is 13.2 Å². The number of hydrogen-bond donors (Lipinski definition) is 1. The first-order chi connectivity index (χ1) is 10.9. The van der Waals surface area contributed by atoms with Gasteiger partial charge in [-0.05, 0) is 37.1 Å². The number of nitrogens with one attached hydrogen (secondary N) is 1. The number of carbonyl (C=O) groups is 1. The van der Waals surface area contributed by atoms with Gasteiger partial charge >= 0.3 is 6.18 Å². The molecule has 7 heteroatoms. The molecule has 2 atom stereocenters. The van der Waals surface area contributed by atoms with Crippen molar-refractivity contribution in [3.8, 4) is 11.8 Å². The molecule has 1 N–H and O–H groups in total. The Hall–Kier alpha value is -2.23. The molecule has 1 amide bonds. The van der Waals surface area contributed by atoms with Crippen LogP contribution in [-0.2, 0) is 4.79 Å². The number of alkyl halides is 3. The molecule has 1 saturated carbocycles. The first-order valence-corrected chi connectivity index (χ1v) is 7.39. The number of carbonyl (C=O) groups excluding carboxylic acids is 1. The number of ether oxygens (including phenoxy) is 1. The fourth-order valence-electron chi connectivity index (χ4n) is 2.72. The number of nitriles is 1. The van der Waals surface area contributed by atoms with E-state index in [4.69, 9.17) is 10.00 Å². The molecule has 1 fully saturated rings. The third-order valence-corrected chi connectivity index (χ3v) is 3.89. The van der Waals surface area contributed by atoms with Crippen LogP contribution in [0.1, 0.15) is 31.2 Å². The van der Waals surface area contributed by atoms with Crippen molar-refractivity contribution in [2.24, 2.45) is 5.92 Å². The van der Waals surface area contributed by atoms with Crippen molar-refractivity contribution in [1.82, 2.24) is 5.32 Å². The van der Waals surface area contributed by atoms with Crippen molar-refractivity contribution in [2.75, 3.05) is 6.61 Å². The van der Waals surface area contributed by atoms with E-state index >= 15 is 0 Å². The number of benzene rings is 1. The molecular formula is C16H17F3N2O2. The molecule has 23 heavy (non-hydrogen) atoms. The molecule has 0 aliphatic heterocycles. The maximum absolute atomic E-state index is 13.0. The van der Waals surface area contributed by atoms with E-state index in [1.54, 1.807) is 0 Å². The minimum atomic E-state index is -4.30. The summed E-state index contributed by atoms with van der Waals surface area (Å²) in [5, 5.41) is 11.1. The van der Waals surface area contributed by atoms with Gasteiger partial charge in [0.2, 0.25) is 0 Å². The van der Waals surface area contributed by atoms with Gasteiger partial charge in [0.15, 0.2) is 6.61 Å². The zero-order chi connectivity index (χ0) is 16.9. The number of nitrogens with zero attached hydrogens (tertiary/aromatic N) is 1. The molecule has 0 unspecified atom stereocenters. The van der Waals surface area contributed by atoms with Crippen molar-refractivity contribution < 1.29 is 22.7 Å². The zero-order valence-electron chi connectivity index (χ0n) is 12.4. The summed E-state index contributed by atoms with van der Waals surface area (Å²) in [4.78, 5) is 11.8. The third-order valence-electron chi connectivity index (χ3n) is 3.89. The smallest absolute Gasteiger partial charge is 0.393 e. The quantitative estimate of drug-likeness (QED) is 0.924. The van der Waals surface area contributed by atoms with Crippen LogP contribution in [0.25, 0.3) is 0 Å². The summed E-state index contributed by atoms with van der Waals surface area (Å²) in [6.07, 6.45) is -2.73. The van der Waals surface area contributed by atoms with Crippen molar-refractivity contribution >= 4 is 5.91 Å². The van der Waals surface area contributed by atoms with Gasteiger partial charge in [-0.25, -0.2) is 0 Å². The first kappa shape index (κ1) is 17.1. The molecule has 124 valence electrons. The number of hydrogen-bond acceptors (Lipinski definition) is 3. The van der Waals surface area contributed by atoms with Gasteiger partial charge in [-0.3, -0.25) is 4.79 Å². The second-order valence-electron chi connectivity index (χ2n) is 5.53. The van der Waals surface area contributed by atoms with Crippen molar-refractivity contribution in [1.29, 1.82) is 5.26 Å². The second-order valence-corrected chi connectivity index (χ2v) is 5.53. The lowest BCUT2D eigenvalue weighted by atomic mass is 9.84. The standard InChI is InChI=1S/C16H17F3N2O2/c17-16(18,19)13-3-1-2-4-14(13)21-15(22)10-23-12-7-5-11(9-20)6-8-12/h5-8,13-14H,1-4,10H2,(H,21,22)/t13-,14-/m0/s1. The lowest BCUT2D eigenvalue weighted by Gasteiger charge is -2.33. The minimum absolute atomic E-state index is 0.0466. The van der Waals surface area contributed by atoms with E-state index in [1.165, 1.54) is 24.3 Å². The Balaban J connectivity index is 1.86. The first-order valence-electron chi connectivity index (χ1n) is 7.39. The summed E-state index contributed by atoms with van der Waals surface area (Å²) >= 11 is 0. The molecule has 0 radical (unpaired) electrons. The average molecular weight is 326 g/mol. The van der Waals surface area contributed by atoms with E-state index in [1.807, 2.05) is 6.07 Å². The normalized spacial score (nSPS) is 21.3. The Morgan fingerprint density at radius 3 is 2.52 bits per heavy atom. The van der Waals surface area contributed by atoms with Crippen LogP contribution in [0.3, 0.4) is 0 Å². The van der Waals surface area contributed by atoms with Gasteiger partial charge in [0, 0.05) is 6.04 Å². The Kier molecular flexibility index (Phi) is 5.48. The maximum atomic E-state index is 13.0. The van der Waals surface area contributed by atoms with Gasteiger partial charge in [0.25, 0.3) is 5.91 Å². The van der Waals surface area contributed by atoms with Gasteiger partial charge < -0.3 is 10.1 Å². The van der Waals surface area contributed by atoms with Gasteiger partial charge in [0.1, 0.15) is 5.75 Å². The molecule has 1 aromatic rings. The highest BCUT2D eigenvalue weighted by atomic mass is 19.4. The molecule has 1 aromatic carbocycles. The topological polar surface area (TPSA) is 62.1 Å². The molecule has 0 heterocycles. The SMILES string of the molecule is N#Cc1ccc(OCC(=O)N[C@H]2CCCC[C@@H]2C(F)(F)F)cc1. The Bertz CT molecular complexity index is 578. The maximum Gasteiger partial charge on any atom is 0.393 e. The van der Waals surface area contributed by atoms with Gasteiger partial charge in [-0.1, -0.05) is 12.8 Å². The van der Waals surface area contributed by atoms with Crippen LogP contribution in [-0.4, -0.2) is 24.7 Å². The van der Waals surface area contributed by atoms with E-state index in [2.05, 4.69) is 5.32 Å². The number of amides is 1. The molecule has 4 nitrogen and oxygen atoms in total. The molecule has 2 rings (SSSR count). The second kappa shape index (κ2) is 7.36. The van der Waals surface area contributed by atoms with Gasteiger partial charge in [-0.2, -0.15) is 18.4 Å². The van der Waals surface area contributed by atoms with E-state index < -0.39 is 24.0 Å². The van der Waals surface area contributed by atoms with E-state index in [9.17, 15) is 18.0 Å². The molecule has 1 aliphatic carbocycles. The van der Waals surface area contributed by atoms with Crippen molar-refractivity contribution in [3.63, 3.8) is 0 Å². The summed E-state index contributed by atoms with van der Waals surface area (Å²) < 4.78 is 44.1. The third kappa shape index (κ3) is 4.88. The highest BCUT2D eigenvalue weighted by Crippen LogP contribution is 2.37. The Morgan fingerprint density at radius 2 is 1.91 bits per heavy atom. The van der Waals surface area contributed by atoms with Crippen molar-refractivity contribution in [3.05, 3.63) is 29.8 Å². The highest BCUT2D eigenvalue weighted by molar-refractivity contribution is 5.77. The summed E-state index contributed by atoms with van der Waals surface area (Å²) in [7, 11) is 0. The fourth-order valence-corrected chi connectivity index (χ4v) is 2.72. The van der Waals surface area contributed by atoms with Crippen molar-refractivity contribution in [2.45, 2.75) is 37.9 Å². The molecule has 0 aromatic heterocycles. The monoisotopic (exact) mass is 326 g/mol. The minimum Gasteiger partial charge on any atom is -0.484 e. The number of halogens is 3. The van der Waals surface area contributed by atoms with Gasteiger partial charge in [0.05, 0.1) is 17.6 Å². The average Bonchev–Trinajstić information content (AvgIpc) is 2.53. The molecule has 1 aliphatic rings. The Morgan fingerprint density at radius 1 is 1.26 bits per heavy atom. The predicted molar refractivity (Wildman–Crippen MR) is 76.6 cm³/mol. The van der Waals surface area contributed by atoms with Crippen LogP contribution in [0.5, 0.6) is 5.75 Å². The molecular weight excluding hydrogens is 309 g/mol. The summed E-state index contributed by atoms with van der Waals surface area (Å²) in [5.74, 6) is -1.68. The van der Waals surface area contributed by atoms with E-state index in [-0.39, 0.29) is 13.0 Å². The van der Waals surface area contributed by atoms with Crippen LogP contribution >= 0.6 is 0 Å².